The van der Waals surface area contributed by atoms with E-state index in [2.05, 4.69) is 81.5 Å². The quantitative estimate of drug-likeness (QED) is 0.0261. The summed E-state index contributed by atoms with van der Waals surface area (Å²) in [6, 6.07) is 0. The van der Waals surface area contributed by atoms with Crippen LogP contribution in [0.2, 0.25) is 0 Å². The van der Waals surface area contributed by atoms with Gasteiger partial charge >= 0.3 is 17.9 Å². The van der Waals surface area contributed by atoms with Crippen molar-refractivity contribution in [1.29, 1.82) is 0 Å². The number of hydrogen-bond donors (Lipinski definition) is 0. The molecule has 72 heavy (non-hydrogen) atoms. The van der Waals surface area contributed by atoms with Crippen molar-refractivity contribution in [2.24, 2.45) is 0 Å². The topological polar surface area (TPSA) is 78.9 Å². The van der Waals surface area contributed by atoms with E-state index in [1.807, 2.05) is 0 Å². The Bertz CT molecular complexity index is 1290. The Labute approximate surface area is 447 Å². The lowest BCUT2D eigenvalue weighted by Crippen LogP contribution is -2.30. The summed E-state index contributed by atoms with van der Waals surface area (Å²) in [6.45, 7) is 6.55. The molecule has 0 saturated heterocycles. The molecule has 0 aromatic heterocycles. The van der Waals surface area contributed by atoms with Crippen LogP contribution in [0.3, 0.4) is 0 Å². The van der Waals surface area contributed by atoms with E-state index in [9.17, 15) is 14.4 Å². The van der Waals surface area contributed by atoms with E-state index < -0.39 is 6.10 Å². The van der Waals surface area contributed by atoms with Gasteiger partial charge in [-0.15, -0.1) is 0 Å². The van der Waals surface area contributed by atoms with Crippen molar-refractivity contribution in [3.63, 3.8) is 0 Å². The molecule has 0 rings (SSSR count). The second kappa shape index (κ2) is 60.7. The third-order valence-electron chi connectivity index (χ3n) is 13.8. The van der Waals surface area contributed by atoms with Gasteiger partial charge in [0.15, 0.2) is 6.10 Å². The van der Waals surface area contributed by atoms with Crippen molar-refractivity contribution in [2.45, 2.75) is 329 Å². The van der Waals surface area contributed by atoms with Crippen molar-refractivity contribution in [2.75, 3.05) is 13.2 Å². The Morgan fingerprint density at radius 1 is 0.292 bits per heavy atom. The van der Waals surface area contributed by atoms with Gasteiger partial charge < -0.3 is 14.2 Å². The molecule has 0 bridgehead atoms. The van der Waals surface area contributed by atoms with E-state index in [1.54, 1.807) is 0 Å². The molecule has 0 radical (unpaired) electrons. The molecular weight excluding hydrogens is 889 g/mol. The van der Waals surface area contributed by atoms with Crippen molar-refractivity contribution >= 4 is 17.9 Å². The van der Waals surface area contributed by atoms with Gasteiger partial charge in [-0.2, -0.15) is 0 Å². The summed E-state index contributed by atoms with van der Waals surface area (Å²) in [5.41, 5.74) is 0. The summed E-state index contributed by atoms with van der Waals surface area (Å²) in [5, 5.41) is 0. The predicted octanol–water partition coefficient (Wildman–Crippen LogP) is 21.2. The molecule has 0 aliphatic heterocycles. The van der Waals surface area contributed by atoms with Gasteiger partial charge in [0.2, 0.25) is 0 Å². The summed E-state index contributed by atoms with van der Waals surface area (Å²) in [6.07, 6.45) is 76.5. The Hall–Kier alpha value is -2.89. The summed E-state index contributed by atoms with van der Waals surface area (Å²) in [7, 11) is 0. The number of ether oxygens (including phenoxy) is 3. The Morgan fingerprint density at radius 2 is 0.542 bits per heavy atom. The Morgan fingerprint density at radius 3 is 0.875 bits per heavy atom. The molecule has 0 fully saturated rings. The molecule has 0 N–H and O–H groups in total. The molecule has 1 atom stereocenters. The largest absolute Gasteiger partial charge is 0.462 e. The van der Waals surface area contributed by atoms with E-state index in [0.29, 0.717) is 19.3 Å². The lowest BCUT2D eigenvalue weighted by Gasteiger charge is -2.18. The molecule has 0 amide bonds. The number of allylic oxidation sites excluding steroid dienone is 10. The van der Waals surface area contributed by atoms with Crippen LogP contribution in [0.25, 0.3) is 0 Å². The maximum absolute atomic E-state index is 12.9. The normalized spacial score (nSPS) is 12.4. The van der Waals surface area contributed by atoms with E-state index in [4.69, 9.17) is 14.2 Å². The molecule has 0 aromatic rings. The first-order chi connectivity index (χ1) is 35.5. The highest BCUT2D eigenvalue weighted by Gasteiger charge is 2.19. The number of esters is 3. The van der Waals surface area contributed by atoms with E-state index >= 15 is 0 Å². The van der Waals surface area contributed by atoms with E-state index in [-0.39, 0.29) is 31.1 Å². The minimum atomic E-state index is -0.777. The molecule has 418 valence electrons. The van der Waals surface area contributed by atoms with Crippen LogP contribution in [-0.2, 0) is 28.6 Å². The zero-order valence-electron chi connectivity index (χ0n) is 47.9. The standard InChI is InChI=1S/C66H118O6/c1-4-7-10-13-16-19-22-25-27-29-31-32-33-34-35-37-38-41-44-47-50-53-56-59-65(68)71-62-63(61-70-64(67)58-55-52-49-46-43-40-24-21-18-15-12-9-6-3)72-66(69)60-57-54-51-48-45-42-39-36-30-28-26-23-20-17-14-11-8-5-2/h7,10,16,19,21,24-25,27,31-32,63H,4-6,8-9,11-15,17-18,20,22-23,26,28-30,33-62H2,1-3H3/b10-7-,19-16-,24-21-,27-25-,32-31-. The lowest BCUT2D eigenvalue weighted by molar-refractivity contribution is -0.167. The third-order valence-corrected chi connectivity index (χ3v) is 13.8. The van der Waals surface area contributed by atoms with Crippen molar-refractivity contribution in [3.8, 4) is 0 Å². The Balaban J connectivity index is 4.31. The second-order valence-electron chi connectivity index (χ2n) is 20.9. The van der Waals surface area contributed by atoms with Crippen LogP contribution < -0.4 is 0 Å². The molecule has 0 spiro atoms. The summed E-state index contributed by atoms with van der Waals surface area (Å²) >= 11 is 0. The number of carbonyl (C=O) groups is 3. The average molecular weight is 1010 g/mol. The van der Waals surface area contributed by atoms with Gasteiger partial charge in [-0.25, -0.2) is 0 Å². The van der Waals surface area contributed by atoms with Crippen molar-refractivity contribution in [3.05, 3.63) is 60.8 Å². The monoisotopic (exact) mass is 1010 g/mol. The predicted molar refractivity (Wildman–Crippen MR) is 312 cm³/mol. The van der Waals surface area contributed by atoms with Crippen molar-refractivity contribution < 1.29 is 28.6 Å². The SMILES string of the molecule is CC/C=C\C/C=C\C/C=C\C/C=C\CCCCCCCCCCCCC(=O)OCC(COC(=O)CCCCCCC/C=C\CCCCCC)OC(=O)CCCCCCCCCCCCCCCCCCCC. The van der Waals surface area contributed by atoms with Gasteiger partial charge in [0, 0.05) is 19.3 Å². The van der Waals surface area contributed by atoms with Gasteiger partial charge in [0.25, 0.3) is 0 Å². The molecular formula is C66H118O6. The fraction of sp³-hybridized carbons (Fsp3) is 0.803. The highest BCUT2D eigenvalue weighted by atomic mass is 16.6. The maximum Gasteiger partial charge on any atom is 0.306 e. The molecule has 0 aliphatic carbocycles. The molecule has 0 saturated carbocycles. The number of unbranched alkanes of at least 4 members (excludes halogenated alkanes) is 36. The lowest BCUT2D eigenvalue weighted by atomic mass is 10.0. The van der Waals surface area contributed by atoms with Crippen LogP contribution >= 0.6 is 0 Å². The van der Waals surface area contributed by atoms with Crippen LogP contribution in [0, 0.1) is 0 Å². The molecule has 6 nitrogen and oxygen atoms in total. The number of carbonyl (C=O) groups excluding carboxylic acids is 3. The van der Waals surface area contributed by atoms with Crippen LogP contribution in [-0.4, -0.2) is 37.2 Å². The molecule has 0 heterocycles. The highest BCUT2D eigenvalue weighted by molar-refractivity contribution is 5.71. The molecule has 1 unspecified atom stereocenters. The fourth-order valence-corrected chi connectivity index (χ4v) is 9.08. The second-order valence-corrected chi connectivity index (χ2v) is 20.9. The summed E-state index contributed by atoms with van der Waals surface area (Å²) < 4.78 is 16.9. The molecule has 0 aromatic carbocycles. The fourth-order valence-electron chi connectivity index (χ4n) is 9.08. The van der Waals surface area contributed by atoms with Gasteiger partial charge in [0.1, 0.15) is 13.2 Å². The van der Waals surface area contributed by atoms with Gasteiger partial charge in [-0.1, -0.05) is 281 Å². The van der Waals surface area contributed by atoms with Crippen LogP contribution in [0.4, 0.5) is 0 Å². The minimum absolute atomic E-state index is 0.0758. The van der Waals surface area contributed by atoms with E-state index in [1.165, 1.54) is 193 Å². The average Bonchev–Trinajstić information content (AvgIpc) is 3.38. The van der Waals surface area contributed by atoms with Crippen LogP contribution in [0.15, 0.2) is 60.8 Å². The van der Waals surface area contributed by atoms with Crippen LogP contribution in [0.1, 0.15) is 323 Å². The maximum atomic E-state index is 12.9. The zero-order valence-corrected chi connectivity index (χ0v) is 47.9. The van der Waals surface area contributed by atoms with Gasteiger partial charge in [-0.05, 0) is 83.5 Å². The first kappa shape index (κ1) is 69.1. The van der Waals surface area contributed by atoms with Gasteiger partial charge in [-0.3, -0.25) is 14.4 Å². The van der Waals surface area contributed by atoms with E-state index in [0.717, 1.165) is 89.9 Å². The zero-order chi connectivity index (χ0) is 52.2. The smallest absolute Gasteiger partial charge is 0.306 e. The van der Waals surface area contributed by atoms with Crippen molar-refractivity contribution in [1.82, 2.24) is 0 Å². The molecule has 0 aliphatic rings. The number of hydrogen-bond acceptors (Lipinski definition) is 6. The number of rotatable bonds is 57. The minimum Gasteiger partial charge on any atom is -0.462 e. The molecule has 6 heteroatoms. The first-order valence-electron chi connectivity index (χ1n) is 31.3. The first-order valence-corrected chi connectivity index (χ1v) is 31.3. The van der Waals surface area contributed by atoms with Gasteiger partial charge in [0.05, 0.1) is 0 Å². The Kier molecular flexibility index (Phi) is 58.2. The van der Waals surface area contributed by atoms with Crippen LogP contribution in [0.5, 0.6) is 0 Å². The highest BCUT2D eigenvalue weighted by Crippen LogP contribution is 2.17. The summed E-state index contributed by atoms with van der Waals surface area (Å²) in [4.78, 5) is 38.3. The summed E-state index contributed by atoms with van der Waals surface area (Å²) in [5.74, 6) is -0.870. The third kappa shape index (κ3) is 58.0.